The molecule has 0 unspecified atom stereocenters. The SMILES string of the molecule is Fc1ccc(CN=c2cc3cccc4c5cccc6cccc(c(c2=NCc2ccc(F)c(Cl)c2)c34)c65)cc1Cl. The minimum atomic E-state index is -0.465. The van der Waals surface area contributed by atoms with Crippen LogP contribution in [-0.4, -0.2) is 0 Å². The Morgan fingerprint density at radius 3 is 1.70 bits per heavy atom. The standard InChI is InChI=1S/C34H20Cl2F2N2/c35-26-14-19(10-12-28(26)37)17-39-30-16-22-6-3-8-24-23-7-1-4-21-5-2-9-25(31(21)23)33(32(22)24)34(30)40-18-20-11-13-29(38)27(36)15-20/h1-16H,17-18H2. The predicted octanol–water partition coefficient (Wildman–Crippen LogP) is 8.96. The maximum absolute atomic E-state index is 13.8. The Morgan fingerprint density at radius 1 is 0.525 bits per heavy atom. The predicted molar refractivity (Wildman–Crippen MR) is 160 cm³/mol. The second kappa shape index (κ2) is 9.81. The summed E-state index contributed by atoms with van der Waals surface area (Å²) >= 11 is 12.1. The van der Waals surface area contributed by atoms with E-state index in [4.69, 9.17) is 33.2 Å². The van der Waals surface area contributed by atoms with Crippen LogP contribution >= 0.6 is 23.2 Å². The van der Waals surface area contributed by atoms with Crippen molar-refractivity contribution < 1.29 is 8.78 Å². The van der Waals surface area contributed by atoms with Crippen LogP contribution in [0.1, 0.15) is 11.1 Å². The number of fused-ring (bicyclic) bond motifs is 2. The van der Waals surface area contributed by atoms with Gasteiger partial charge in [-0.3, -0.25) is 9.98 Å². The van der Waals surface area contributed by atoms with Crippen LogP contribution in [0.4, 0.5) is 8.78 Å². The summed E-state index contributed by atoms with van der Waals surface area (Å²) in [7, 11) is 0. The van der Waals surface area contributed by atoms with E-state index in [1.165, 1.54) is 22.9 Å². The van der Waals surface area contributed by atoms with Gasteiger partial charge in [0.2, 0.25) is 0 Å². The molecule has 194 valence electrons. The van der Waals surface area contributed by atoms with Crippen molar-refractivity contribution in [2.24, 2.45) is 9.98 Å². The number of nitrogens with zero attached hydrogens (tertiary/aromatic N) is 2. The van der Waals surface area contributed by atoms with Crippen molar-refractivity contribution in [1.29, 1.82) is 0 Å². The number of benzene rings is 7. The van der Waals surface area contributed by atoms with Crippen molar-refractivity contribution in [3.8, 4) is 0 Å². The van der Waals surface area contributed by atoms with Gasteiger partial charge in [-0.05, 0) is 79.2 Å². The van der Waals surface area contributed by atoms with Crippen molar-refractivity contribution in [2.75, 3.05) is 0 Å². The van der Waals surface area contributed by atoms with E-state index in [0.717, 1.165) is 48.8 Å². The van der Waals surface area contributed by atoms with E-state index in [1.54, 1.807) is 24.3 Å². The minimum absolute atomic E-state index is 0.0617. The van der Waals surface area contributed by atoms with E-state index < -0.39 is 11.6 Å². The first kappa shape index (κ1) is 24.9. The third kappa shape index (κ3) is 4.16. The number of hydrogen-bond acceptors (Lipinski definition) is 2. The van der Waals surface area contributed by atoms with Gasteiger partial charge in [0, 0.05) is 5.39 Å². The Morgan fingerprint density at radius 2 is 1.07 bits per heavy atom. The topological polar surface area (TPSA) is 24.7 Å². The van der Waals surface area contributed by atoms with E-state index in [1.807, 2.05) is 0 Å². The zero-order chi connectivity index (χ0) is 27.4. The fourth-order valence-electron chi connectivity index (χ4n) is 5.60. The van der Waals surface area contributed by atoms with E-state index in [0.29, 0.717) is 18.4 Å². The van der Waals surface area contributed by atoms with Gasteiger partial charge in [0.15, 0.2) is 0 Å². The van der Waals surface area contributed by atoms with Crippen LogP contribution in [0.25, 0.3) is 43.1 Å². The average molecular weight is 565 g/mol. The fourth-order valence-corrected chi connectivity index (χ4v) is 6.00. The van der Waals surface area contributed by atoms with Gasteiger partial charge in [0.1, 0.15) is 11.6 Å². The molecular weight excluding hydrogens is 545 g/mol. The van der Waals surface area contributed by atoms with Crippen LogP contribution in [0.2, 0.25) is 10.0 Å². The second-order valence-electron chi connectivity index (χ2n) is 9.86. The summed E-state index contributed by atoms with van der Waals surface area (Å²) in [6, 6.07) is 30.3. The molecule has 0 aliphatic carbocycles. The monoisotopic (exact) mass is 564 g/mol. The first-order valence-electron chi connectivity index (χ1n) is 12.8. The van der Waals surface area contributed by atoms with Crippen LogP contribution in [-0.2, 0) is 13.1 Å². The molecule has 7 aromatic rings. The fraction of sp³-hybridized carbons (Fsp3) is 0.0588. The Bertz CT molecular complexity index is 2220. The van der Waals surface area contributed by atoms with Gasteiger partial charge in [-0.1, -0.05) is 89.9 Å². The lowest BCUT2D eigenvalue weighted by molar-refractivity contribution is 0.627. The lowest BCUT2D eigenvalue weighted by Crippen LogP contribution is -2.27. The van der Waals surface area contributed by atoms with Gasteiger partial charge in [0.05, 0.1) is 33.8 Å². The highest BCUT2D eigenvalue weighted by Crippen LogP contribution is 2.38. The van der Waals surface area contributed by atoms with Crippen molar-refractivity contribution in [2.45, 2.75) is 13.1 Å². The van der Waals surface area contributed by atoms with Crippen LogP contribution in [0, 0.1) is 11.6 Å². The molecule has 0 radical (unpaired) electrons. The molecule has 0 atom stereocenters. The van der Waals surface area contributed by atoms with Gasteiger partial charge in [-0.2, -0.15) is 0 Å². The van der Waals surface area contributed by atoms with Gasteiger partial charge in [0.25, 0.3) is 0 Å². The molecular formula is C34H20Cl2F2N2. The van der Waals surface area contributed by atoms with Gasteiger partial charge in [-0.25, -0.2) is 8.78 Å². The van der Waals surface area contributed by atoms with Crippen molar-refractivity contribution in [3.63, 3.8) is 0 Å². The summed E-state index contributed by atoms with van der Waals surface area (Å²) < 4.78 is 27.6. The van der Waals surface area contributed by atoms with Crippen LogP contribution in [0.15, 0.2) is 107 Å². The lowest BCUT2D eigenvalue weighted by Gasteiger charge is -2.15. The summed E-state index contributed by atoms with van der Waals surface area (Å²) in [6.45, 7) is 0.597. The highest BCUT2D eigenvalue weighted by molar-refractivity contribution is 6.33. The number of rotatable bonds is 4. The molecule has 0 N–H and O–H groups in total. The van der Waals surface area contributed by atoms with E-state index in [-0.39, 0.29) is 10.0 Å². The van der Waals surface area contributed by atoms with E-state index in [9.17, 15) is 8.78 Å². The largest absolute Gasteiger partial charge is 0.278 e. The summed E-state index contributed by atoms with van der Waals surface area (Å²) in [6.07, 6.45) is 0. The van der Waals surface area contributed by atoms with Crippen LogP contribution in [0.3, 0.4) is 0 Å². The van der Waals surface area contributed by atoms with Crippen molar-refractivity contribution >= 4 is 66.3 Å². The molecule has 0 bridgehead atoms. The maximum Gasteiger partial charge on any atom is 0.141 e. The molecule has 7 rings (SSSR count). The molecule has 0 aromatic heterocycles. The molecule has 0 aliphatic heterocycles. The van der Waals surface area contributed by atoms with Crippen molar-refractivity contribution in [1.82, 2.24) is 0 Å². The van der Waals surface area contributed by atoms with Gasteiger partial charge >= 0.3 is 0 Å². The molecule has 0 spiro atoms. The third-order valence-corrected chi connectivity index (χ3v) is 7.98. The number of halogens is 4. The van der Waals surface area contributed by atoms with Gasteiger partial charge in [-0.15, -0.1) is 0 Å². The summed E-state index contributed by atoms with van der Waals surface area (Å²) in [5, 5.41) is 10.5. The first-order chi connectivity index (χ1) is 19.5. The molecule has 0 aliphatic rings. The Labute approximate surface area is 238 Å². The molecule has 7 aromatic carbocycles. The second-order valence-corrected chi connectivity index (χ2v) is 10.7. The zero-order valence-electron chi connectivity index (χ0n) is 21.1. The Balaban J connectivity index is 1.58. The zero-order valence-corrected chi connectivity index (χ0v) is 22.6. The minimum Gasteiger partial charge on any atom is -0.278 e. The third-order valence-electron chi connectivity index (χ3n) is 7.40. The molecule has 0 saturated heterocycles. The molecule has 40 heavy (non-hydrogen) atoms. The highest BCUT2D eigenvalue weighted by Gasteiger charge is 2.15. The Kier molecular flexibility index (Phi) is 6.10. The summed E-state index contributed by atoms with van der Waals surface area (Å²) in [5.74, 6) is -0.929. The van der Waals surface area contributed by atoms with Gasteiger partial charge < -0.3 is 0 Å². The first-order valence-corrected chi connectivity index (χ1v) is 13.6. The quantitative estimate of drug-likeness (QED) is 0.150. The highest BCUT2D eigenvalue weighted by atomic mass is 35.5. The average Bonchev–Trinajstić information content (AvgIpc) is 2.97. The van der Waals surface area contributed by atoms with Crippen LogP contribution in [0.5, 0.6) is 0 Å². The lowest BCUT2D eigenvalue weighted by atomic mass is 9.89. The molecule has 2 nitrogen and oxygen atoms in total. The normalized spacial score (nSPS) is 13.0. The maximum atomic E-state index is 13.8. The molecule has 0 fully saturated rings. The molecule has 0 amide bonds. The van der Waals surface area contributed by atoms with Crippen molar-refractivity contribution in [3.05, 3.63) is 141 Å². The summed E-state index contributed by atoms with van der Waals surface area (Å²) in [4.78, 5) is 10.0. The smallest absolute Gasteiger partial charge is 0.141 e. The molecule has 6 heteroatoms. The molecule has 0 heterocycles. The molecule has 0 saturated carbocycles. The van der Waals surface area contributed by atoms with Crippen LogP contribution < -0.4 is 10.7 Å². The summed E-state index contributed by atoms with van der Waals surface area (Å²) in [5.41, 5.74) is 1.58. The Hall–Kier alpha value is -4.12. The van der Waals surface area contributed by atoms with E-state index in [2.05, 4.69) is 60.7 Å². The number of hydrogen-bond donors (Lipinski definition) is 0. The van der Waals surface area contributed by atoms with E-state index >= 15 is 0 Å².